The van der Waals surface area contributed by atoms with Crippen LogP contribution in [-0.4, -0.2) is 33.1 Å². The topological polar surface area (TPSA) is 59.8 Å². The van der Waals surface area contributed by atoms with E-state index >= 15 is 0 Å². The van der Waals surface area contributed by atoms with E-state index in [4.69, 9.17) is 0 Å². The van der Waals surface area contributed by atoms with Crippen LogP contribution in [0.1, 0.15) is 6.92 Å². The lowest BCUT2D eigenvalue weighted by atomic mass is 10.3. The van der Waals surface area contributed by atoms with Gasteiger partial charge in [-0.25, -0.2) is 9.97 Å². The Morgan fingerprint density at radius 2 is 2.19 bits per heavy atom. The van der Waals surface area contributed by atoms with Gasteiger partial charge in [0.2, 0.25) is 0 Å². The molecule has 21 heavy (non-hydrogen) atoms. The number of Topliss-reactive ketones (excluding diaryl/α,β-unsaturated/α-hetero) is 1. The number of carbonyl (C=O) groups is 1. The van der Waals surface area contributed by atoms with Gasteiger partial charge in [0, 0.05) is 5.38 Å². The molecular weight excluding hydrogens is 304 g/mol. The largest absolute Gasteiger partial charge is 0.354 e. The van der Waals surface area contributed by atoms with E-state index in [1.165, 1.54) is 11.3 Å². The van der Waals surface area contributed by atoms with Crippen LogP contribution in [-0.2, 0) is 4.79 Å². The summed E-state index contributed by atoms with van der Waals surface area (Å²) in [5, 5.41) is 6.64. The molecule has 5 nitrogen and oxygen atoms in total. The summed E-state index contributed by atoms with van der Waals surface area (Å²) in [4.78, 5) is 20.2. The minimum atomic E-state index is 0.0876. The van der Waals surface area contributed by atoms with E-state index in [-0.39, 0.29) is 5.78 Å². The molecule has 0 aliphatic rings. The average molecular weight is 318 g/mol. The van der Waals surface area contributed by atoms with E-state index in [2.05, 4.69) is 15.3 Å². The number of hydrogen-bond acceptors (Lipinski definition) is 6. The molecule has 2 heterocycles. The standard InChI is InChI=1S/C14H14N4OS2/c1-9(19)7-15-13-17-12(8-21-13)18-11-6-4-3-5-10(11)16-14(18)20-2/h3-6,8H,7H2,1-2H3,(H,15,17). The third-order valence-corrected chi connectivity index (χ3v) is 4.35. The Morgan fingerprint density at radius 1 is 1.38 bits per heavy atom. The van der Waals surface area contributed by atoms with Crippen molar-refractivity contribution < 1.29 is 4.79 Å². The SMILES string of the molecule is CSc1nc2ccccc2n1-c1csc(NCC(C)=O)n1. The highest BCUT2D eigenvalue weighted by molar-refractivity contribution is 7.98. The van der Waals surface area contributed by atoms with Crippen LogP contribution in [0.5, 0.6) is 0 Å². The highest BCUT2D eigenvalue weighted by Crippen LogP contribution is 2.28. The molecule has 0 radical (unpaired) electrons. The van der Waals surface area contributed by atoms with Gasteiger partial charge >= 0.3 is 0 Å². The fraction of sp³-hybridized carbons (Fsp3) is 0.214. The van der Waals surface area contributed by atoms with Crippen molar-refractivity contribution in [2.75, 3.05) is 18.1 Å². The van der Waals surface area contributed by atoms with Crippen LogP contribution in [0.3, 0.4) is 0 Å². The molecule has 0 atom stereocenters. The number of nitrogens with zero attached hydrogens (tertiary/aromatic N) is 3. The first-order chi connectivity index (χ1) is 10.2. The third-order valence-electron chi connectivity index (χ3n) is 2.92. The molecule has 1 N–H and O–H groups in total. The first kappa shape index (κ1) is 14.1. The molecule has 0 amide bonds. The molecule has 0 bridgehead atoms. The second kappa shape index (κ2) is 5.87. The van der Waals surface area contributed by atoms with Crippen molar-refractivity contribution >= 4 is 45.0 Å². The van der Waals surface area contributed by atoms with Gasteiger partial charge in [0.1, 0.15) is 5.78 Å². The van der Waals surface area contributed by atoms with Crippen molar-refractivity contribution in [1.29, 1.82) is 0 Å². The highest BCUT2D eigenvalue weighted by atomic mass is 32.2. The maximum absolute atomic E-state index is 11.0. The van der Waals surface area contributed by atoms with Crippen LogP contribution in [0.2, 0.25) is 0 Å². The zero-order valence-corrected chi connectivity index (χ0v) is 13.3. The number of hydrogen-bond donors (Lipinski definition) is 1. The Labute approximate surface area is 130 Å². The van der Waals surface area contributed by atoms with Crippen molar-refractivity contribution in [3.8, 4) is 5.82 Å². The summed E-state index contributed by atoms with van der Waals surface area (Å²) in [6.45, 7) is 1.85. The third kappa shape index (κ3) is 2.79. The summed E-state index contributed by atoms with van der Waals surface area (Å²) >= 11 is 3.07. The van der Waals surface area contributed by atoms with Gasteiger partial charge in [-0.05, 0) is 25.3 Å². The van der Waals surface area contributed by atoms with Crippen molar-refractivity contribution in [1.82, 2.24) is 14.5 Å². The van der Waals surface area contributed by atoms with Gasteiger partial charge in [0.15, 0.2) is 16.1 Å². The number of benzene rings is 1. The summed E-state index contributed by atoms with van der Waals surface area (Å²) < 4.78 is 2.04. The molecular formula is C14H14N4OS2. The summed E-state index contributed by atoms with van der Waals surface area (Å²) in [6.07, 6.45) is 2.00. The molecule has 3 rings (SSSR count). The van der Waals surface area contributed by atoms with E-state index in [1.54, 1.807) is 18.7 Å². The highest BCUT2D eigenvalue weighted by Gasteiger charge is 2.14. The summed E-state index contributed by atoms with van der Waals surface area (Å²) in [5.41, 5.74) is 1.98. The van der Waals surface area contributed by atoms with Crippen LogP contribution < -0.4 is 5.32 Å². The van der Waals surface area contributed by atoms with E-state index in [0.29, 0.717) is 6.54 Å². The predicted octanol–water partition coefficient (Wildman–Crippen LogP) is 3.20. The van der Waals surface area contributed by atoms with E-state index < -0.39 is 0 Å². The van der Waals surface area contributed by atoms with Crippen LogP contribution in [0.25, 0.3) is 16.9 Å². The lowest BCUT2D eigenvalue weighted by Gasteiger charge is -2.03. The number of aromatic nitrogens is 3. The normalized spacial score (nSPS) is 11.0. The fourth-order valence-electron chi connectivity index (χ4n) is 2.01. The molecule has 0 aliphatic heterocycles. The average Bonchev–Trinajstić information content (AvgIpc) is 3.08. The lowest BCUT2D eigenvalue weighted by molar-refractivity contribution is -0.115. The monoisotopic (exact) mass is 318 g/mol. The first-order valence-corrected chi connectivity index (χ1v) is 8.50. The molecule has 0 spiro atoms. The maximum Gasteiger partial charge on any atom is 0.185 e. The Kier molecular flexibility index (Phi) is 3.94. The molecule has 0 unspecified atom stereocenters. The molecule has 108 valence electrons. The second-order valence-corrected chi connectivity index (χ2v) is 6.12. The molecule has 0 saturated carbocycles. The number of anilines is 1. The molecule has 3 aromatic rings. The van der Waals surface area contributed by atoms with Gasteiger partial charge < -0.3 is 5.32 Å². The number of para-hydroxylation sites is 2. The quantitative estimate of drug-likeness (QED) is 0.732. The minimum absolute atomic E-state index is 0.0876. The number of ketones is 1. The van der Waals surface area contributed by atoms with Gasteiger partial charge in [-0.2, -0.15) is 0 Å². The lowest BCUT2D eigenvalue weighted by Crippen LogP contribution is -2.09. The van der Waals surface area contributed by atoms with Crippen molar-refractivity contribution in [3.63, 3.8) is 0 Å². The van der Waals surface area contributed by atoms with Crippen molar-refractivity contribution in [3.05, 3.63) is 29.6 Å². The zero-order chi connectivity index (χ0) is 14.8. The summed E-state index contributed by atoms with van der Waals surface area (Å²) in [5.74, 6) is 0.911. The number of thiazole rings is 1. The smallest absolute Gasteiger partial charge is 0.185 e. The van der Waals surface area contributed by atoms with Gasteiger partial charge in [-0.1, -0.05) is 23.9 Å². The van der Waals surface area contributed by atoms with Crippen molar-refractivity contribution in [2.24, 2.45) is 0 Å². The van der Waals surface area contributed by atoms with Crippen LogP contribution in [0, 0.1) is 0 Å². The Hall–Kier alpha value is -1.86. The fourth-order valence-corrected chi connectivity index (χ4v) is 3.25. The maximum atomic E-state index is 11.0. The minimum Gasteiger partial charge on any atom is -0.354 e. The molecule has 0 saturated heterocycles. The van der Waals surface area contributed by atoms with E-state index in [1.807, 2.05) is 40.5 Å². The van der Waals surface area contributed by atoms with Gasteiger partial charge in [0.05, 0.1) is 17.6 Å². The van der Waals surface area contributed by atoms with Crippen LogP contribution in [0.4, 0.5) is 5.13 Å². The van der Waals surface area contributed by atoms with Gasteiger partial charge in [-0.3, -0.25) is 9.36 Å². The van der Waals surface area contributed by atoms with Crippen molar-refractivity contribution in [2.45, 2.75) is 12.1 Å². The molecule has 0 fully saturated rings. The number of rotatable bonds is 5. The molecule has 1 aromatic carbocycles. The molecule has 2 aromatic heterocycles. The number of fused-ring (bicyclic) bond motifs is 1. The Morgan fingerprint density at radius 3 is 2.95 bits per heavy atom. The first-order valence-electron chi connectivity index (χ1n) is 6.39. The summed E-state index contributed by atoms with van der Waals surface area (Å²) in [7, 11) is 0. The zero-order valence-electron chi connectivity index (χ0n) is 11.7. The molecule has 0 aliphatic carbocycles. The van der Waals surface area contributed by atoms with Crippen LogP contribution >= 0.6 is 23.1 Å². The van der Waals surface area contributed by atoms with E-state index in [9.17, 15) is 4.79 Å². The molecule has 7 heteroatoms. The van der Waals surface area contributed by atoms with Gasteiger partial charge in [0.25, 0.3) is 0 Å². The predicted molar refractivity (Wildman–Crippen MR) is 87.7 cm³/mol. The van der Waals surface area contributed by atoms with Gasteiger partial charge in [-0.15, -0.1) is 11.3 Å². The summed E-state index contributed by atoms with van der Waals surface area (Å²) in [6, 6.07) is 7.99. The second-order valence-electron chi connectivity index (χ2n) is 4.49. The number of thioether (sulfide) groups is 1. The Bertz CT molecular complexity index is 793. The van der Waals surface area contributed by atoms with E-state index in [0.717, 1.165) is 27.1 Å². The number of carbonyl (C=O) groups excluding carboxylic acids is 1. The Balaban J connectivity index is 2.01. The number of nitrogens with one attached hydrogen (secondary N) is 1. The number of imidazole rings is 1. The van der Waals surface area contributed by atoms with Crippen LogP contribution in [0.15, 0.2) is 34.8 Å².